The average Bonchev–Trinajstić information content (AvgIpc) is 3.15. The molecule has 140 valence electrons. The van der Waals surface area contributed by atoms with Crippen LogP contribution in [-0.2, 0) is 4.79 Å². The van der Waals surface area contributed by atoms with Gasteiger partial charge in [0.15, 0.2) is 23.2 Å². The molecule has 3 aromatic rings. The third-order valence-corrected chi connectivity index (χ3v) is 4.62. The number of carbonyl (C=O) groups excluding carboxylic acids is 1. The number of amides is 1. The number of anilines is 1. The van der Waals surface area contributed by atoms with Gasteiger partial charge in [0.2, 0.25) is 0 Å². The van der Waals surface area contributed by atoms with Crippen LogP contribution in [0.5, 0.6) is 17.2 Å². The summed E-state index contributed by atoms with van der Waals surface area (Å²) >= 11 is 7.15. The third-order valence-electron chi connectivity index (χ3n) is 3.61. The molecule has 1 heterocycles. The van der Waals surface area contributed by atoms with Crippen LogP contribution in [0.25, 0.3) is 11.3 Å². The van der Waals surface area contributed by atoms with Crippen LogP contribution in [0, 0.1) is 0 Å². The van der Waals surface area contributed by atoms with E-state index >= 15 is 0 Å². The molecular formula is C19H17ClN2O4S. The minimum absolute atomic E-state index is 0.118. The molecule has 0 aliphatic rings. The van der Waals surface area contributed by atoms with Crippen LogP contribution in [-0.4, -0.2) is 31.7 Å². The van der Waals surface area contributed by atoms with Crippen LogP contribution in [0.3, 0.4) is 0 Å². The summed E-state index contributed by atoms with van der Waals surface area (Å²) in [4.78, 5) is 16.5. The van der Waals surface area contributed by atoms with Crippen LogP contribution in [0.4, 0.5) is 5.13 Å². The minimum Gasteiger partial charge on any atom is -0.493 e. The number of hydrogen-bond donors (Lipinski definition) is 1. The van der Waals surface area contributed by atoms with Gasteiger partial charge in [-0.1, -0.05) is 11.6 Å². The first-order valence-electron chi connectivity index (χ1n) is 7.95. The first-order valence-corrected chi connectivity index (χ1v) is 9.21. The van der Waals surface area contributed by atoms with Crippen LogP contribution < -0.4 is 19.5 Å². The molecule has 0 saturated carbocycles. The summed E-state index contributed by atoms with van der Waals surface area (Å²) in [6.07, 6.45) is 0. The Morgan fingerprint density at radius 2 is 1.85 bits per heavy atom. The fourth-order valence-corrected chi connectivity index (χ4v) is 3.16. The predicted molar refractivity (Wildman–Crippen MR) is 106 cm³/mol. The highest BCUT2D eigenvalue weighted by atomic mass is 35.5. The molecule has 0 atom stereocenters. The third kappa shape index (κ3) is 4.90. The zero-order chi connectivity index (χ0) is 19.2. The molecule has 6 nitrogen and oxygen atoms in total. The van der Waals surface area contributed by atoms with E-state index in [1.165, 1.54) is 11.3 Å². The van der Waals surface area contributed by atoms with Crippen molar-refractivity contribution in [3.05, 3.63) is 52.9 Å². The standard InChI is InChI=1S/C19H17ClN2O4S/c1-24-16-8-3-12(9-17(16)25-2)15-11-27-19(21-15)22-18(23)10-26-14-6-4-13(20)5-7-14/h3-9,11H,10H2,1-2H3,(H,21,22,23). The Morgan fingerprint density at radius 3 is 2.56 bits per heavy atom. The van der Waals surface area contributed by atoms with Crippen molar-refractivity contribution in [2.75, 3.05) is 26.1 Å². The minimum atomic E-state index is -0.293. The molecule has 0 aliphatic heterocycles. The Bertz CT molecular complexity index is 928. The van der Waals surface area contributed by atoms with E-state index in [0.29, 0.717) is 27.4 Å². The SMILES string of the molecule is COc1ccc(-c2csc(NC(=O)COc3ccc(Cl)cc3)n2)cc1OC. The van der Waals surface area contributed by atoms with Gasteiger partial charge in [0.05, 0.1) is 19.9 Å². The fraction of sp³-hybridized carbons (Fsp3) is 0.158. The Labute approximate surface area is 165 Å². The van der Waals surface area contributed by atoms with Gasteiger partial charge in [0, 0.05) is 16.0 Å². The zero-order valence-corrected chi connectivity index (χ0v) is 16.3. The van der Waals surface area contributed by atoms with E-state index < -0.39 is 0 Å². The lowest BCUT2D eigenvalue weighted by Gasteiger charge is -2.08. The molecule has 2 aromatic carbocycles. The second-order valence-electron chi connectivity index (χ2n) is 5.40. The van der Waals surface area contributed by atoms with Crippen molar-refractivity contribution in [3.63, 3.8) is 0 Å². The lowest BCUT2D eigenvalue weighted by atomic mass is 10.1. The largest absolute Gasteiger partial charge is 0.493 e. The molecule has 3 rings (SSSR count). The van der Waals surface area contributed by atoms with E-state index in [0.717, 1.165) is 11.3 Å². The smallest absolute Gasteiger partial charge is 0.264 e. The molecule has 0 spiro atoms. The van der Waals surface area contributed by atoms with Crippen LogP contribution in [0.1, 0.15) is 0 Å². The molecule has 0 bridgehead atoms. The fourth-order valence-electron chi connectivity index (χ4n) is 2.29. The number of thiazole rings is 1. The second-order valence-corrected chi connectivity index (χ2v) is 6.69. The Kier molecular flexibility index (Phi) is 6.16. The van der Waals surface area contributed by atoms with E-state index in [-0.39, 0.29) is 12.5 Å². The number of ether oxygens (including phenoxy) is 3. The van der Waals surface area contributed by atoms with Crippen molar-refractivity contribution in [1.82, 2.24) is 4.98 Å². The lowest BCUT2D eigenvalue weighted by Crippen LogP contribution is -2.20. The molecule has 0 saturated heterocycles. The van der Waals surface area contributed by atoms with Crippen molar-refractivity contribution in [1.29, 1.82) is 0 Å². The highest BCUT2D eigenvalue weighted by molar-refractivity contribution is 7.14. The summed E-state index contributed by atoms with van der Waals surface area (Å²) in [5.41, 5.74) is 1.59. The highest BCUT2D eigenvalue weighted by Crippen LogP contribution is 2.33. The molecule has 8 heteroatoms. The van der Waals surface area contributed by atoms with Crippen LogP contribution in [0.15, 0.2) is 47.8 Å². The van der Waals surface area contributed by atoms with Crippen LogP contribution in [0.2, 0.25) is 5.02 Å². The van der Waals surface area contributed by atoms with Crippen molar-refractivity contribution in [2.24, 2.45) is 0 Å². The number of aromatic nitrogens is 1. The van der Waals surface area contributed by atoms with E-state index in [2.05, 4.69) is 10.3 Å². The molecule has 0 unspecified atom stereocenters. The average molecular weight is 405 g/mol. The van der Waals surface area contributed by atoms with Gasteiger partial charge in [0.1, 0.15) is 5.75 Å². The van der Waals surface area contributed by atoms with Gasteiger partial charge < -0.3 is 14.2 Å². The maximum absolute atomic E-state index is 12.1. The number of benzene rings is 2. The summed E-state index contributed by atoms with van der Waals surface area (Å²) < 4.78 is 16.0. The molecular weight excluding hydrogens is 388 g/mol. The monoisotopic (exact) mass is 404 g/mol. The molecule has 0 fully saturated rings. The summed E-state index contributed by atoms with van der Waals surface area (Å²) in [6.45, 7) is -0.118. The number of rotatable bonds is 7. The normalized spacial score (nSPS) is 10.3. The summed E-state index contributed by atoms with van der Waals surface area (Å²) in [6, 6.07) is 12.3. The van der Waals surface area contributed by atoms with Gasteiger partial charge in [0.25, 0.3) is 5.91 Å². The number of carbonyl (C=O) groups is 1. The Balaban J connectivity index is 1.62. The number of nitrogens with zero attached hydrogens (tertiary/aromatic N) is 1. The first kappa shape index (κ1) is 19.0. The van der Waals surface area contributed by atoms with E-state index in [4.69, 9.17) is 25.8 Å². The van der Waals surface area contributed by atoms with Crippen molar-refractivity contribution >= 4 is 34.0 Å². The van der Waals surface area contributed by atoms with Gasteiger partial charge in [-0.2, -0.15) is 0 Å². The van der Waals surface area contributed by atoms with E-state index in [9.17, 15) is 4.79 Å². The highest BCUT2D eigenvalue weighted by Gasteiger charge is 2.11. The molecule has 27 heavy (non-hydrogen) atoms. The quantitative estimate of drug-likeness (QED) is 0.628. The number of methoxy groups -OCH3 is 2. The summed E-state index contributed by atoms with van der Waals surface area (Å²) in [7, 11) is 3.16. The molecule has 1 amide bonds. The maximum Gasteiger partial charge on any atom is 0.264 e. The lowest BCUT2D eigenvalue weighted by molar-refractivity contribution is -0.118. The van der Waals surface area contributed by atoms with E-state index in [1.807, 2.05) is 23.6 Å². The maximum atomic E-state index is 12.1. The number of halogens is 1. The number of hydrogen-bond acceptors (Lipinski definition) is 6. The summed E-state index contributed by atoms with van der Waals surface area (Å²) in [5.74, 6) is 1.53. The van der Waals surface area contributed by atoms with Crippen molar-refractivity contribution in [3.8, 4) is 28.5 Å². The van der Waals surface area contributed by atoms with Crippen LogP contribution >= 0.6 is 22.9 Å². The molecule has 0 radical (unpaired) electrons. The molecule has 1 N–H and O–H groups in total. The molecule has 1 aromatic heterocycles. The summed E-state index contributed by atoms with van der Waals surface area (Å²) in [5, 5.41) is 5.68. The van der Waals surface area contributed by atoms with Gasteiger partial charge in [-0.3, -0.25) is 10.1 Å². The topological polar surface area (TPSA) is 69.7 Å². The Morgan fingerprint density at radius 1 is 1.11 bits per heavy atom. The number of nitrogens with one attached hydrogen (secondary N) is 1. The van der Waals surface area contributed by atoms with E-state index in [1.54, 1.807) is 38.5 Å². The predicted octanol–water partition coefficient (Wildman–Crippen LogP) is 4.50. The van der Waals surface area contributed by atoms with Gasteiger partial charge in [-0.05, 0) is 42.5 Å². The van der Waals surface area contributed by atoms with Crippen molar-refractivity contribution in [2.45, 2.75) is 0 Å². The molecule has 0 aliphatic carbocycles. The zero-order valence-electron chi connectivity index (χ0n) is 14.7. The first-order chi connectivity index (χ1) is 13.1. The van der Waals surface area contributed by atoms with Gasteiger partial charge in [-0.15, -0.1) is 11.3 Å². The van der Waals surface area contributed by atoms with Gasteiger partial charge in [-0.25, -0.2) is 4.98 Å². The van der Waals surface area contributed by atoms with Crippen molar-refractivity contribution < 1.29 is 19.0 Å². The Hall–Kier alpha value is -2.77. The second kappa shape index (κ2) is 8.75. The van der Waals surface area contributed by atoms with Gasteiger partial charge >= 0.3 is 0 Å².